The zero-order valence-corrected chi connectivity index (χ0v) is 20.6. The van der Waals surface area contributed by atoms with E-state index in [4.69, 9.17) is 18.9 Å². The molecule has 0 aliphatic heterocycles. The number of unbranched alkanes of at least 4 members (excludes halogenated alkanes) is 1. The normalized spacial score (nSPS) is 11.1. The van der Waals surface area contributed by atoms with Crippen LogP contribution in [0.25, 0.3) is 0 Å². The number of nitrogens with one attached hydrogen (secondary N) is 2. The van der Waals surface area contributed by atoms with Crippen molar-refractivity contribution < 1.29 is 18.9 Å². The molecule has 168 valence electrons. The molecule has 1 aromatic carbocycles. The third kappa shape index (κ3) is 13.7. The predicted molar refractivity (Wildman–Crippen MR) is 129 cm³/mol. The molecule has 2 N–H and O–H groups in total. The summed E-state index contributed by atoms with van der Waals surface area (Å²) in [6, 6.07) is 6.23. The third-order valence-electron chi connectivity index (χ3n) is 4.02. The molecule has 0 saturated heterocycles. The van der Waals surface area contributed by atoms with E-state index in [-0.39, 0.29) is 24.0 Å². The summed E-state index contributed by atoms with van der Waals surface area (Å²) < 4.78 is 21.7. The highest BCUT2D eigenvalue weighted by molar-refractivity contribution is 14.0. The molecule has 1 aromatic rings. The summed E-state index contributed by atoms with van der Waals surface area (Å²) in [6.07, 6.45) is 2.02. The van der Waals surface area contributed by atoms with Crippen LogP contribution < -0.4 is 15.4 Å². The average Bonchev–Trinajstić information content (AvgIpc) is 2.70. The molecule has 0 fully saturated rings. The first kappa shape index (κ1) is 27.9. The Kier molecular flexibility index (Phi) is 18.2. The molecular formula is C21H38IN3O4. The van der Waals surface area contributed by atoms with Crippen LogP contribution in [-0.4, -0.2) is 66.3 Å². The molecule has 0 unspecified atom stereocenters. The Hall–Kier alpha value is -1.10. The van der Waals surface area contributed by atoms with Crippen LogP contribution in [0.3, 0.4) is 0 Å². The van der Waals surface area contributed by atoms with Crippen molar-refractivity contribution >= 4 is 29.9 Å². The van der Waals surface area contributed by atoms with E-state index in [9.17, 15) is 0 Å². The molecule has 1 rings (SSSR count). The lowest BCUT2D eigenvalue weighted by Crippen LogP contribution is -2.37. The molecule has 0 amide bonds. The van der Waals surface area contributed by atoms with Gasteiger partial charge in [-0.1, -0.05) is 12.1 Å². The Labute approximate surface area is 192 Å². The first-order valence-corrected chi connectivity index (χ1v) is 10.0. The Morgan fingerprint density at radius 3 is 2.52 bits per heavy atom. The van der Waals surface area contributed by atoms with Gasteiger partial charge in [0, 0.05) is 46.0 Å². The molecule has 0 radical (unpaired) electrons. The zero-order valence-electron chi connectivity index (χ0n) is 18.3. The highest BCUT2D eigenvalue weighted by Gasteiger charge is 2.06. The molecule has 0 aromatic heterocycles. The van der Waals surface area contributed by atoms with Crippen LogP contribution >= 0.6 is 24.0 Å². The highest BCUT2D eigenvalue weighted by atomic mass is 127. The summed E-state index contributed by atoms with van der Waals surface area (Å²) in [4.78, 5) is 4.28. The van der Waals surface area contributed by atoms with Crippen LogP contribution in [0.1, 0.15) is 30.9 Å². The van der Waals surface area contributed by atoms with Crippen LogP contribution in [0.15, 0.2) is 23.2 Å². The monoisotopic (exact) mass is 523 g/mol. The fourth-order valence-electron chi connectivity index (χ4n) is 2.48. The fraction of sp³-hybridized carbons (Fsp3) is 0.667. The van der Waals surface area contributed by atoms with Gasteiger partial charge in [0.2, 0.25) is 0 Å². The van der Waals surface area contributed by atoms with E-state index in [1.165, 1.54) is 5.56 Å². The summed E-state index contributed by atoms with van der Waals surface area (Å²) >= 11 is 0. The molecule has 7 nitrogen and oxygen atoms in total. The van der Waals surface area contributed by atoms with Gasteiger partial charge in [-0.15, -0.1) is 24.0 Å². The van der Waals surface area contributed by atoms with Crippen molar-refractivity contribution in [2.75, 3.05) is 60.3 Å². The highest BCUT2D eigenvalue weighted by Crippen LogP contribution is 2.20. The van der Waals surface area contributed by atoms with Gasteiger partial charge in [-0.05, 0) is 38.3 Å². The molecule has 0 atom stereocenters. The van der Waals surface area contributed by atoms with Crippen molar-refractivity contribution in [2.24, 2.45) is 4.99 Å². The average molecular weight is 523 g/mol. The van der Waals surface area contributed by atoms with Gasteiger partial charge in [-0.25, -0.2) is 0 Å². The number of hydrogen-bond donors (Lipinski definition) is 2. The Balaban J connectivity index is 0.00000784. The largest absolute Gasteiger partial charge is 0.491 e. The summed E-state index contributed by atoms with van der Waals surface area (Å²) in [5.74, 6) is 1.66. The molecule has 0 aliphatic carbocycles. The van der Waals surface area contributed by atoms with Crippen LogP contribution in [0.2, 0.25) is 0 Å². The standard InChI is InChI=1S/C21H37N3O4.HI/c1-5-26-14-15-28-20-16-18(2)8-9-19(20)17-24-21(22-3)23-10-6-7-11-27-13-12-25-4;/h8-9,16H,5-7,10-15,17H2,1-4H3,(H2,22,23,24);1H. The maximum atomic E-state index is 5.89. The minimum absolute atomic E-state index is 0. The number of ether oxygens (including phenoxy) is 4. The third-order valence-corrected chi connectivity index (χ3v) is 4.02. The Morgan fingerprint density at radius 1 is 1.00 bits per heavy atom. The lowest BCUT2D eigenvalue weighted by atomic mass is 10.1. The van der Waals surface area contributed by atoms with Gasteiger partial charge >= 0.3 is 0 Å². The summed E-state index contributed by atoms with van der Waals surface area (Å²) in [5.41, 5.74) is 2.27. The number of rotatable bonds is 15. The van der Waals surface area contributed by atoms with E-state index < -0.39 is 0 Å². The van der Waals surface area contributed by atoms with Crippen molar-refractivity contribution in [1.82, 2.24) is 10.6 Å². The Morgan fingerprint density at radius 2 is 1.79 bits per heavy atom. The second-order valence-corrected chi connectivity index (χ2v) is 6.32. The van der Waals surface area contributed by atoms with E-state index in [1.54, 1.807) is 14.2 Å². The summed E-state index contributed by atoms with van der Waals surface area (Å²) in [5, 5.41) is 6.68. The Bertz CT molecular complexity index is 559. The smallest absolute Gasteiger partial charge is 0.191 e. The minimum atomic E-state index is 0. The lowest BCUT2D eigenvalue weighted by Gasteiger charge is -2.15. The maximum Gasteiger partial charge on any atom is 0.191 e. The van der Waals surface area contributed by atoms with Crippen molar-refractivity contribution in [2.45, 2.75) is 33.2 Å². The molecule has 29 heavy (non-hydrogen) atoms. The minimum Gasteiger partial charge on any atom is -0.491 e. The second-order valence-electron chi connectivity index (χ2n) is 6.32. The van der Waals surface area contributed by atoms with Gasteiger partial charge in [0.1, 0.15) is 12.4 Å². The van der Waals surface area contributed by atoms with Gasteiger partial charge < -0.3 is 29.6 Å². The SMILES string of the molecule is CCOCCOc1cc(C)ccc1CNC(=NC)NCCCCOCCOC.I. The number of aliphatic imine (C=N–C) groups is 1. The van der Waals surface area contributed by atoms with Gasteiger partial charge in [0.05, 0.1) is 19.8 Å². The number of halogens is 1. The quantitative estimate of drug-likeness (QED) is 0.159. The number of nitrogens with zero attached hydrogens (tertiary/aromatic N) is 1. The van der Waals surface area contributed by atoms with Gasteiger partial charge in [-0.3, -0.25) is 4.99 Å². The zero-order chi connectivity index (χ0) is 20.5. The van der Waals surface area contributed by atoms with Gasteiger partial charge in [0.15, 0.2) is 5.96 Å². The second kappa shape index (κ2) is 18.9. The van der Waals surface area contributed by atoms with Crippen LogP contribution in [0.4, 0.5) is 0 Å². The number of hydrogen-bond acceptors (Lipinski definition) is 5. The van der Waals surface area contributed by atoms with Crippen molar-refractivity contribution in [1.29, 1.82) is 0 Å². The predicted octanol–water partition coefficient (Wildman–Crippen LogP) is 3.14. The molecule has 0 aliphatic rings. The van der Waals surface area contributed by atoms with E-state index in [0.717, 1.165) is 43.3 Å². The van der Waals surface area contributed by atoms with Crippen LogP contribution in [-0.2, 0) is 20.8 Å². The first-order valence-electron chi connectivity index (χ1n) is 10.0. The molecule has 0 bridgehead atoms. The van der Waals surface area contributed by atoms with Gasteiger partial charge in [-0.2, -0.15) is 0 Å². The van der Waals surface area contributed by atoms with E-state index in [2.05, 4.69) is 40.7 Å². The number of methoxy groups -OCH3 is 1. The van der Waals surface area contributed by atoms with Crippen molar-refractivity contribution in [3.8, 4) is 5.75 Å². The van der Waals surface area contributed by atoms with Crippen molar-refractivity contribution in [3.05, 3.63) is 29.3 Å². The molecule has 0 heterocycles. The van der Waals surface area contributed by atoms with E-state index >= 15 is 0 Å². The topological polar surface area (TPSA) is 73.3 Å². The lowest BCUT2D eigenvalue weighted by molar-refractivity contribution is 0.0689. The summed E-state index contributed by atoms with van der Waals surface area (Å²) in [6.45, 7) is 9.42. The fourth-order valence-corrected chi connectivity index (χ4v) is 2.48. The van der Waals surface area contributed by atoms with Gasteiger partial charge in [0.25, 0.3) is 0 Å². The number of benzene rings is 1. The van der Waals surface area contributed by atoms with E-state index in [1.807, 2.05) is 6.92 Å². The number of aryl methyl sites for hydroxylation is 1. The maximum absolute atomic E-state index is 5.89. The molecular weight excluding hydrogens is 485 g/mol. The van der Waals surface area contributed by atoms with E-state index in [0.29, 0.717) is 39.6 Å². The molecule has 0 spiro atoms. The van der Waals surface area contributed by atoms with Crippen molar-refractivity contribution in [3.63, 3.8) is 0 Å². The summed E-state index contributed by atoms with van der Waals surface area (Å²) in [7, 11) is 3.45. The number of guanidine groups is 1. The first-order chi connectivity index (χ1) is 13.7. The van der Waals surface area contributed by atoms with Crippen LogP contribution in [0, 0.1) is 6.92 Å². The van der Waals surface area contributed by atoms with Crippen LogP contribution in [0.5, 0.6) is 5.75 Å². The molecule has 8 heteroatoms. The molecule has 0 saturated carbocycles.